The molecule has 0 unspecified atom stereocenters. The molecular weight excluding hydrogens is 381 g/mol. The SMILES string of the molecule is COc1cccc(NC(=O)NCc2ccc(-c3cccc(F)c3)c3ccncc23)c1. The van der Waals surface area contributed by atoms with Gasteiger partial charge in [-0.05, 0) is 52.4 Å². The van der Waals surface area contributed by atoms with E-state index in [0.717, 1.165) is 27.5 Å². The summed E-state index contributed by atoms with van der Waals surface area (Å²) in [6.07, 6.45) is 3.47. The maximum absolute atomic E-state index is 13.7. The first kappa shape index (κ1) is 19.4. The molecule has 0 fully saturated rings. The Kier molecular flexibility index (Phi) is 5.57. The van der Waals surface area contributed by atoms with E-state index in [1.165, 1.54) is 12.1 Å². The topological polar surface area (TPSA) is 63.2 Å². The van der Waals surface area contributed by atoms with Gasteiger partial charge in [0, 0.05) is 36.1 Å². The molecule has 0 saturated heterocycles. The highest BCUT2D eigenvalue weighted by Crippen LogP contribution is 2.30. The summed E-state index contributed by atoms with van der Waals surface area (Å²) in [5.41, 5.74) is 3.26. The number of amides is 2. The molecule has 4 rings (SSSR count). The Morgan fingerprint density at radius 2 is 1.90 bits per heavy atom. The highest BCUT2D eigenvalue weighted by atomic mass is 19.1. The quantitative estimate of drug-likeness (QED) is 0.472. The van der Waals surface area contributed by atoms with Gasteiger partial charge in [-0.3, -0.25) is 4.98 Å². The first-order valence-corrected chi connectivity index (χ1v) is 9.44. The van der Waals surface area contributed by atoms with E-state index in [-0.39, 0.29) is 11.8 Å². The van der Waals surface area contributed by atoms with Gasteiger partial charge in [0.1, 0.15) is 11.6 Å². The van der Waals surface area contributed by atoms with E-state index in [2.05, 4.69) is 15.6 Å². The monoisotopic (exact) mass is 401 g/mol. The van der Waals surface area contributed by atoms with Crippen LogP contribution in [-0.4, -0.2) is 18.1 Å². The van der Waals surface area contributed by atoms with E-state index in [1.54, 1.807) is 43.8 Å². The highest BCUT2D eigenvalue weighted by Gasteiger charge is 2.10. The van der Waals surface area contributed by atoms with Crippen LogP contribution in [0.1, 0.15) is 5.56 Å². The molecule has 0 spiro atoms. The van der Waals surface area contributed by atoms with E-state index < -0.39 is 0 Å². The van der Waals surface area contributed by atoms with Gasteiger partial charge in [-0.25, -0.2) is 9.18 Å². The average Bonchev–Trinajstić information content (AvgIpc) is 2.77. The largest absolute Gasteiger partial charge is 0.497 e. The Labute approximate surface area is 173 Å². The number of fused-ring (bicyclic) bond motifs is 1. The number of carbonyl (C=O) groups is 1. The Hall–Kier alpha value is -3.93. The van der Waals surface area contributed by atoms with Gasteiger partial charge in [0.05, 0.1) is 7.11 Å². The fourth-order valence-corrected chi connectivity index (χ4v) is 3.36. The minimum atomic E-state index is -0.325. The number of anilines is 1. The minimum Gasteiger partial charge on any atom is -0.497 e. The number of nitrogens with one attached hydrogen (secondary N) is 2. The van der Waals surface area contributed by atoms with Crippen molar-refractivity contribution in [3.8, 4) is 16.9 Å². The number of hydrogen-bond donors (Lipinski definition) is 2. The van der Waals surface area contributed by atoms with Crippen LogP contribution in [0.2, 0.25) is 0 Å². The number of halogens is 1. The molecule has 0 radical (unpaired) electrons. The van der Waals surface area contributed by atoms with Gasteiger partial charge in [-0.15, -0.1) is 0 Å². The number of benzene rings is 3. The van der Waals surface area contributed by atoms with Crippen molar-refractivity contribution < 1.29 is 13.9 Å². The zero-order valence-corrected chi connectivity index (χ0v) is 16.4. The molecule has 2 amide bonds. The lowest BCUT2D eigenvalue weighted by Crippen LogP contribution is -2.28. The Balaban J connectivity index is 1.55. The molecule has 6 heteroatoms. The molecule has 1 aromatic heterocycles. The molecule has 0 bridgehead atoms. The third kappa shape index (κ3) is 4.22. The molecule has 3 aromatic carbocycles. The minimum absolute atomic E-state index is 0.283. The molecular formula is C24H20FN3O2. The van der Waals surface area contributed by atoms with Crippen LogP contribution in [0.15, 0.2) is 79.1 Å². The van der Waals surface area contributed by atoms with Crippen LogP contribution in [0.25, 0.3) is 21.9 Å². The fourth-order valence-electron chi connectivity index (χ4n) is 3.36. The maximum Gasteiger partial charge on any atom is 0.319 e. The van der Waals surface area contributed by atoms with Crippen LogP contribution in [0.4, 0.5) is 14.9 Å². The van der Waals surface area contributed by atoms with Gasteiger partial charge < -0.3 is 15.4 Å². The van der Waals surface area contributed by atoms with Crippen LogP contribution >= 0.6 is 0 Å². The first-order valence-electron chi connectivity index (χ1n) is 9.44. The summed E-state index contributed by atoms with van der Waals surface area (Å²) in [6, 6.07) is 19.1. The third-order valence-electron chi connectivity index (χ3n) is 4.81. The van der Waals surface area contributed by atoms with Crippen molar-refractivity contribution in [2.75, 3.05) is 12.4 Å². The summed E-state index contributed by atoms with van der Waals surface area (Å²) < 4.78 is 18.9. The standard InChI is InChI=1S/C24H20FN3O2/c1-30-20-7-3-6-19(13-20)28-24(29)27-14-17-8-9-21(16-4-2-5-18(25)12-16)22-10-11-26-15-23(17)22/h2-13,15H,14H2,1H3,(H2,27,28,29). The maximum atomic E-state index is 13.7. The van der Waals surface area contributed by atoms with Crippen molar-refractivity contribution >= 4 is 22.5 Å². The number of urea groups is 1. The number of aromatic nitrogens is 1. The zero-order chi connectivity index (χ0) is 20.9. The van der Waals surface area contributed by atoms with Crippen molar-refractivity contribution in [3.05, 3.63) is 90.5 Å². The second-order valence-corrected chi connectivity index (χ2v) is 6.74. The highest BCUT2D eigenvalue weighted by molar-refractivity contribution is 5.98. The van der Waals surface area contributed by atoms with E-state index in [4.69, 9.17) is 4.74 Å². The van der Waals surface area contributed by atoms with Gasteiger partial charge in [0.25, 0.3) is 0 Å². The van der Waals surface area contributed by atoms with Gasteiger partial charge in [0.15, 0.2) is 0 Å². The molecule has 30 heavy (non-hydrogen) atoms. The Morgan fingerprint density at radius 3 is 2.73 bits per heavy atom. The molecule has 150 valence electrons. The van der Waals surface area contributed by atoms with Crippen LogP contribution in [-0.2, 0) is 6.54 Å². The molecule has 0 aliphatic heterocycles. The predicted molar refractivity (Wildman–Crippen MR) is 116 cm³/mol. The van der Waals surface area contributed by atoms with E-state index >= 15 is 0 Å². The number of pyridine rings is 1. The van der Waals surface area contributed by atoms with Crippen LogP contribution in [0.3, 0.4) is 0 Å². The predicted octanol–water partition coefficient (Wildman–Crippen LogP) is 5.37. The second kappa shape index (κ2) is 8.61. The Morgan fingerprint density at radius 1 is 1.03 bits per heavy atom. The van der Waals surface area contributed by atoms with Crippen molar-refractivity contribution in [1.82, 2.24) is 10.3 Å². The molecule has 0 aliphatic rings. The van der Waals surface area contributed by atoms with Crippen molar-refractivity contribution in [3.63, 3.8) is 0 Å². The summed E-state index contributed by atoms with van der Waals surface area (Å²) in [5.74, 6) is 0.382. The van der Waals surface area contributed by atoms with Gasteiger partial charge in [-0.2, -0.15) is 0 Å². The summed E-state index contributed by atoms with van der Waals surface area (Å²) >= 11 is 0. The summed E-state index contributed by atoms with van der Waals surface area (Å²) in [7, 11) is 1.58. The summed E-state index contributed by atoms with van der Waals surface area (Å²) in [4.78, 5) is 16.6. The van der Waals surface area contributed by atoms with Gasteiger partial charge >= 0.3 is 6.03 Å². The molecule has 2 N–H and O–H groups in total. The van der Waals surface area contributed by atoms with Crippen LogP contribution < -0.4 is 15.4 Å². The molecule has 1 heterocycles. The smallest absolute Gasteiger partial charge is 0.319 e. The Bertz CT molecular complexity index is 1210. The van der Waals surface area contributed by atoms with Gasteiger partial charge in [0.2, 0.25) is 0 Å². The molecule has 0 atom stereocenters. The van der Waals surface area contributed by atoms with E-state index in [9.17, 15) is 9.18 Å². The molecule has 4 aromatic rings. The van der Waals surface area contributed by atoms with Crippen LogP contribution in [0.5, 0.6) is 5.75 Å². The lowest BCUT2D eigenvalue weighted by atomic mass is 9.96. The summed E-state index contributed by atoms with van der Waals surface area (Å²) in [5, 5.41) is 7.51. The molecule has 0 aliphatic carbocycles. The van der Waals surface area contributed by atoms with Crippen molar-refractivity contribution in [2.45, 2.75) is 6.54 Å². The number of methoxy groups -OCH3 is 1. The van der Waals surface area contributed by atoms with Crippen LogP contribution in [0, 0.1) is 5.82 Å². The number of carbonyl (C=O) groups excluding carboxylic acids is 1. The fraction of sp³-hybridized carbons (Fsp3) is 0.0833. The zero-order valence-electron chi connectivity index (χ0n) is 16.4. The number of nitrogens with zero attached hydrogens (tertiary/aromatic N) is 1. The number of hydrogen-bond acceptors (Lipinski definition) is 3. The first-order chi connectivity index (χ1) is 14.6. The van der Waals surface area contributed by atoms with Crippen molar-refractivity contribution in [1.29, 1.82) is 0 Å². The van der Waals surface area contributed by atoms with Crippen molar-refractivity contribution in [2.24, 2.45) is 0 Å². The summed E-state index contributed by atoms with van der Waals surface area (Å²) in [6.45, 7) is 0.321. The van der Waals surface area contributed by atoms with Gasteiger partial charge in [-0.1, -0.05) is 30.3 Å². The lowest BCUT2D eigenvalue weighted by Gasteiger charge is -2.13. The molecule has 5 nitrogen and oxygen atoms in total. The van der Waals surface area contributed by atoms with E-state index in [0.29, 0.717) is 18.0 Å². The number of rotatable bonds is 5. The normalized spacial score (nSPS) is 10.6. The third-order valence-corrected chi connectivity index (χ3v) is 4.81. The molecule has 0 saturated carbocycles. The average molecular weight is 401 g/mol. The lowest BCUT2D eigenvalue weighted by molar-refractivity contribution is 0.252. The number of ether oxygens (including phenoxy) is 1. The van der Waals surface area contributed by atoms with E-state index in [1.807, 2.05) is 30.3 Å². The second-order valence-electron chi connectivity index (χ2n) is 6.74.